The zero-order valence-electron chi connectivity index (χ0n) is 12.6. The Morgan fingerprint density at radius 1 is 1.13 bits per heavy atom. The second-order valence-electron chi connectivity index (χ2n) is 5.31. The highest BCUT2D eigenvalue weighted by Crippen LogP contribution is 2.30. The van der Waals surface area contributed by atoms with Crippen LogP contribution in [0.3, 0.4) is 0 Å². The summed E-state index contributed by atoms with van der Waals surface area (Å²) in [5, 5.41) is 10.1. The number of amides is 2. The Morgan fingerprint density at radius 3 is 2.35 bits per heavy atom. The summed E-state index contributed by atoms with van der Waals surface area (Å²) < 4.78 is 0. The van der Waals surface area contributed by atoms with Crippen molar-refractivity contribution in [3.63, 3.8) is 0 Å². The van der Waals surface area contributed by atoms with E-state index in [0.29, 0.717) is 44.0 Å². The zero-order chi connectivity index (χ0) is 17.0. The highest BCUT2D eigenvalue weighted by molar-refractivity contribution is 6.34. The maximum absolute atomic E-state index is 12.3. The van der Waals surface area contributed by atoms with E-state index in [2.05, 4.69) is 6.58 Å². The number of hydrogen-bond donors (Lipinski definition) is 1. The van der Waals surface area contributed by atoms with Gasteiger partial charge >= 0.3 is 0 Å². The largest absolute Gasteiger partial charge is 0.506 e. The molecule has 0 bridgehead atoms. The number of halogens is 2. The van der Waals surface area contributed by atoms with Crippen LogP contribution >= 0.6 is 23.2 Å². The van der Waals surface area contributed by atoms with Gasteiger partial charge in [-0.1, -0.05) is 29.8 Å². The van der Waals surface area contributed by atoms with Gasteiger partial charge in [-0.15, -0.1) is 0 Å². The molecule has 2 amide bonds. The predicted molar refractivity (Wildman–Crippen MR) is 89.8 cm³/mol. The summed E-state index contributed by atoms with van der Waals surface area (Å²) in [7, 11) is 0. The molecule has 0 aromatic heterocycles. The van der Waals surface area contributed by atoms with Crippen molar-refractivity contribution in [1.82, 2.24) is 9.80 Å². The van der Waals surface area contributed by atoms with Crippen molar-refractivity contribution in [2.75, 3.05) is 26.2 Å². The van der Waals surface area contributed by atoms with Crippen LogP contribution in [0, 0.1) is 0 Å². The highest BCUT2D eigenvalue weighted by atomic mass is 35.5. The van der Waals surface area contributed by atoms with Crippen molar-refractivity contribution in [1.29, 1.82) is 0 Å². The molecule has 1 N–H and O–H groups in total. The first-order valence-electron chi connectivity index (χ1n) is 7.28. The first-order valence-corrected chi connectivity index (χ1v) is 8.04. The molecule has 0 unspecified atom stereocenters. The minimum absolute atomic E-state index is 0.0102. The topological polar surface area (TPSA) is 60.9 Å². The lowest BCUT2D eigenvalue weighted by Crippen LogP contribution is -2.50. The van der Waals surface area contributed by atoms with E-state index >= 15 is 0 Å². The van der Waals surface area contributed by atoms with E-state index in [1.54, 1.807) is 15.9 Å². The lowest BCUT2D eigenvalue weighted by Gasteiger charge is -2.34. The second-order valence-corrected chi connectivity index (χ2v) is 6.12. The number of piperazine rings is 1. The Bertz CT molecular complexity index is 626. The Kier molecular flexibility index (Phi) is 5.91. The van der Waals surface area contributed by atoms with E-state index < -0.39 is 0 Å². The molecule has 0 radical (unpaired) electrons. The van der Waals surface area contributed by atoms with Crippen LogP contribution < -0.4 is 0 Å². The van der Waals surface area contributed by atoms with Gasteiger partial charge in [-0.3, -0.25) is 9.59 Å². The van der Waals surface area contributed by atoms with Crippen LogP contribution in [0.15, 0.2) is 24.8 Å². The number of rotatable bonds is 4. The predicted octanol–water partition coefficient (Wildman–Crippen LogP) is 2.49. The molecule has 1 fully saturated rings. The minimum atomic E-state index is -0.109. The Hall–Kier alpha value is -1.72. The summed E-state index contributed by atoms with van der Waals surface area (Å²) in [6, 6.07) is 2.95. The zero-order valence-corrected chi connectivity index (χ0v) is 14.1. The summed E-state index contributed by atoms with van der Waals surface area (Å²) in [5.41, 5.74) is 0.725. The normalized spacial score (nSPS) is 14.7. The first-order chi connectivity index (χ1) is 10.9. The van der Waals surface area contributed by atoms with E-state index in [0.717, 1.165) is 5.56 Å². The van der Waals surface area contributed by atoms with Crippen LogP contribution in [-0.2, 0) is 16.0 Å². The molecule has 0 spiro atoms. The van der Waals surface area contributed by atoms with E-state index in [4.69, 9.17) is 23.2 Å². The third-order valence-corrected chi connectivity index (χ3v) is 4.50. The van der Waals surface area contributed by atoms with E-state index in [-0.39, 0.29) is 22.6 Å². The number of aromatic hydroxyl groups is 1. The van der Waals surface area contributed by atoms with Gasteiger partial charge in [0.15, 0.2) is 0 Å². The number of carbonyl (C=O) groups excluding carboxylic acids is 2. The third kappa shape index (κ3) is 4.39. The van der Waals surface area contributed by atoms with E-state index in [1.165, 1.54) is 12.1 Å². The molecule has 1 aromatic rings. The van der Waals surface area contributed by atoms with Gasteiger partial charge in [0.2, 0.25) is 11.8 Å². The van der Waals surface area contributed by atoms with Gasteiger partial charge in [0.25, 0.3) is 0 Å². The van der Waals surface area contributed by atoms with Gasteiger partial charge in [0, 0.05) is 43.7 Å². The Labute approximate surface area is 145 Å². The van der Waals surface area contributed by atoms with Crippen molar-refractivity contribution in [3.8, 4) is 5.75 Å². The van der Waals surface area contributed by atoms with Crippen molar-refractivity contribution in [3.05, 3.63) is 40.4 Å². The average Bonchev–Trinajstić information content (AvgIpc) is 2.56. The average molecular weight is 357 g/mol. The van der Waals surface area contributed by atoms with Crippen molar-refractivity contribution in [2.24, 2.45) is 0 Å². The SMILES string of the molecule is C=CC(=O)N1CCN(C(=O)CCc2cc(Cl)c(O)cc2Cl)CC1. The van der Waals surface area contributed by atoms with Gasteiger partial charge in [-0.25, -0.2) is 0 Å². The lowest BCUT2D eigenvalue weighted by molar-refractivity contribution is -0.137. The standard InChI is InChI=1S/C16H18Cl2N2O3/c1-2-15(22)19-5-7-20(8-6-19)16(23)4-3-11-9-13(18)14(21)10-12(11)17/h2,9-10,21H,1,3-8H2. The molecule has 0 atom stereocenters. The molecule has 0 saturated carbocycles. The first kappa shape index (κ1) is 17.6. The molecule has 7 heteroatoms. The quantitative estimate of drug-likeness (QED) is 0.843. The molecule has 124 valence electrons. The van der Waals surface area contributed by atoms with Crippen molar-refractivity contribution in [2.45, 2.75) is 12.8 Å². The lowest BCUT2D eigenvalue weighted by atomic mass is 10.1. The maximum atomic E-state index is 12.3. The minimum Gasteiger partial charge on any atom is -0.506 e. The fourth-order valence-corrected chi connectivity index (χ4v) is 2.91. The molecule has 23 heavy (non-hydrogen) atoms. The third-order valence-electron chi connectivity index (χ3n) is 3.84. The molecular formula is C16H18Cl2N2O3. The van der Waals surface area contributed by atoms with Gasteiger partial charge < -0.3 is 14.9 Å². The van der Waals surface area contributed by atoms with Crippen molar-refractivity contribution >= 4 is 35.0 Å². The van der Waals surface area contributed by atoms with E-state index in [1.807, 2.05) is 0 Å². The number of benzene rings is 1. The molecule has 1 aromatic carbocycles. The number of hydrogen-bond acceptors (Lipinski definition) is 3. The maximum Gasteiger partial charge on any atom is 0.246 e. The fraction of sp³-hybridized carbons (Fsp3) is 0.375. The molecule has 1 aliphatic rings. The summed E-state index contributed by atoms with van der Waals surface area (Å²) >= 11 is 11.9. The highest BCUT2D eigenvalue weighted by Gasteiger charge is 2.22. The molecule has 0 aliphatic carbocycles. The summed E-state index contributed by atoms with van der Waals surface area (Å²) in [5.74, 6) is -0.173. The van der Waals surface area contributed by atoms with Crippen LogP contribution in [0.25, 0.3) is 0 Å². The Balaban J connectivity index is 1.88. The second kappa shape index (κ2) is 7.70. The monoisotopic (exact) mass is 356 g/mol. The smallest absolute Gasteiger partial charge is 0.246 e. The van der Waals surface area contributed by atoms with Gasteiger partial charge in [-0.2, -0.15) is 0 Å². The molecule has 1 aliphatic heterocycles. The molecule has 2 rings (SSSR count). The van der Waals surface area contributed by atoms with Crippen molar-refractivity contribution < 1.29 is 14.7 Å². The van der Waals surface area contributed by atoms with Crippen LogP contribution in [0.1, 0.15) is 12.0 Å². The van der Waals surface area contributed by atoms with Crippen LogP contribution in [0.5, 0.6) is 5.75 Å². The molecule has 5 nitrogen and oxygen atoms in total. The van der Waals surface area contributed by atoms with E-state index in [9.17, 15) is 14.7 Å². The van der Waals surface area contributed by atoms with Gasteiger partial charge in [0.1, 0.15) is 5.75 Å². The Morgan fingerprint density at radius 2 is 1.74 bits per heavy atom. The molecule has 1 saturated heterocycles. The molecular weight excluding hydrogens is 339 g/mol. The summed E-state index contributed by atoms with van der Waals surface area (Å²) in [4.78, 5) is 27.2. The molecule has 1 heterocycles. The summed E-state index contributed by atoms with van der Waals surface area (Å²) in [6.45, 7) is 5.53. The number of carbonyl (C=O) groups is 2. The van der Waals surface area contributed by atoms with Gasteiger partial charge in [0.05, 0.1) is 5.02 Å². The van der Waals surface area contributed by atoms with Gasteiger partial charge in [-0.05, 0) is 24.1 Å². The van der Waals surface area contributed by atoms with Crippen LogP contribution in [0.2, 0.25) is 10.0 Å². The van der Waals surface area contributed by atoms with Crippen LogP contribution in [0.4, 0.5) is 0 Å². The summed E-state index contributed by atoms with van der Waals surface area (Å²) in [6.07, 6.45) is 2.04. The number of phenolic OH excluding ortho intramolecular Hbond substituents is 1. The number of phenols is 1. The number of nitrogens with zero attached hydrogens (tertiary/aromatic N) is 2. The van der Waals surface area contributed by atoms with Crippen LogP contribution in [-0.4, -0.2) is 52.9 Å². The fourth-order valence-electron chi connectivity index (χ4n) is 2.47. The number of aryl methyl sites for hydroxylation is 1.